The summed E-state index contributed by atoms with van der Waals surface area (Å²) >= 11 is 0. The Balaban J connectivity index is 2.00. The number of nitrogens with two attached hydrogens (primary N) is 1. The van der Waals surface area contributed by atoms with Crippen molar-refractivity contribution in [2.75, 3.05) is 0 Å². The molecule has 1 saturated carbocycles. The van der Waals surface area contributed by atoms with Gasteiger partial charge in [-0.25, -0.2) is 0 Å². The molecule has 0 bridgehead atoms. The molecule has 0 aliphatic heterocycles. The molecule has 0 heterocycles. The second-order valence-corrected chi connectivity index (χ2v) is 8.05. The van der Waals surface area contributed by atoms with E-state index in [2.05, 4.69) is 0 Å². The van der Waals surface area contributed by atoms with Crippen LogP contribution in [0.2, 0.25) is 0 Å². The van der Waals surface area contributed by atoms with Crippen molar-refractivity contribution in [2.45, 2.75) is 49.5 Å². The molecular weight excluding hydrogens is 346 g/mol. The number of hydrogen-bond acceptors (Lipinski definition) is 2. The first kappa shape index (κ1) is 18.7. The van der Waals surface area contributed by atoms with Crippen LogP contribution in [0.5, 0.6) is 0 Å². The zero-order valence-electron chi connectivity index (χ0n) is 16.1. The third-order valence-electron chi connectivity index (χ3n) is 6.46. The summed E-state index contributed by atoms with van der Waals surface area (Å²) in [6.45, 7) is 0. The summed E-state index contributed by atoms with van der Waals surface area (Å²) in [5.74, 6) is -0.447. The van der Waals surface area contributed by atoms with E-state index in [1.807, 2.05) is 72.8 Å². The van der Waals surface area contributed by atoms with E-state index in [0.29, 0.717) is 19.3 Å². The lowest BCUT2D eigenvalue weighted by Gasteiger charge is -2.48. The molecule has 0 saturated heterocycles. The molecule has 1 fully saturated rings. The molecule has 144 valence electrons. The Hall–Kier alpha value is -2.65. The van der Waals surface area contributed by atoms with Crippen molar-refractivity contribution in [3.05, 3.63) is 83.9 Å². The van der Waals surface area contributed by atoms with E-state index in [9.17, 15) is 9.90 Å². The summed E-state index contributed by atoms with van der Waals surface area (Å²) in [5.41, 5.74) is 5.68. The maximum atomic E-state index is 13.2. The second-order valence-electron chi connectivity index (χ2n) is 8.05. The quantitative estimate of drug-likeness (QED) is 0.692. The molecule has 1 atom stereocenters. The number of fused-ring (bicyclic) bond motifs is 1. The van der Waals surface area contributed by atoms with Crippen molar-refractivity contribution in [1.29, 1.82) is 0 Å². The Labute approximate surface area is 166 Å². The Morgan fingerprint density at radius 3 is 2.25 bits per heavy atom. The fourth-order valence-electron chi connectivity index (χ4n) is 5.02. The predicted octanol–water partition coefficient (Wildman–Crippen LogP) is 4.50. The summed E-state index contributed by atoms with van der Waals surface area (Å²) < 4.78 is 0. The van der Waals surface area contributed by atoms with E-state index >= 15 is 0 Å². The van der Waals surface area contributed by atoms with Gasteiger partial charge < -0.3 is 10.8 Å². The number of rotatable bonds is 5. The van der Waals surface area contributed by atoms with Crippen LogP contribution in [-0.2, 0) is 16.6 Å². The smallest absolute Gasteiger partial charge is 0.231 e. The average molecular weight is 373 g/mol. The number of amides is 1. The molecule has 3 N–H and O–H groups in total. The van der Waals surface area contributed by atoms with Crippen LogP contribution >= 0.6 is 0 Å². The Bertz CT molecular complexity index is 971. The van der Waals surface area contributed by atoms with Crippen LogP contribution in [0.4, 0.5) is 0 Å². The molecule has 0 radical (unpaired) electrons. The van der Waals surface area contributed by atoms with Crippen molar-refractivity contribution in [3.63, 3.8) is 0 Å². The summed E-state index contributed by atoms with van der Waals surface area (Å²) in [5, 5.41) is 14.0. The maximum absolute atomic E-state index is 13.2. The molecule has 1 aliphatic rings. The van der Waals surface area contributed by atoms with Gasteiger partial charge in [-0.2, -0.15) is 0 Å². The van der Waals surface area contributed by atoms with Gasteiger partial charge in [0.25, 0.3) is 0 Å². The van der Waals surface area contributed by atoms with E-state index in [4.69, 9.17) is 5.73 Å². The van der Waals surface area contributed by atoms with Gasteiger partial charge in [0, 0.05) is 0 Å². The zero-order valence-corrected chi connectivity index (χ0v) is 16.1. The van der Waals surface area contributed by atoms with Crippen LogP contribution in [0, 0.1) is 0 Å². The topological polar surface area (TPSA) is 63.3 Å². The number of benzene rings is 3. The van der Waals surface area contributed by atoms with E-state index in [-0.39, 0.29) is 0 Å². The van der Waals surface area contributed by atoms with Crippen LogP contribution in [0.3, 0.4) is 0 Å². The summed E-state index contributed by atoms with van der Waals surface area (Å²) in [6.07, 6.45) is 4.47. The molecule has 0 spiro atoms. The highest BCUT2D eigenvalue weighted by atomic mass is 16.3. The van der Waals surface area contributed by atoms with Gasteiger partial charge in [-0.1, -0.05) is 92.1 Å². The van der Waals surface area contributed by atoms with Gasteiger partial charge in [0.05, 0.1) is 5.60 Å². The largest absolute Gasteiger partial charge is 0.388 e. The minimum atomic E-state index is -1.17. The van der Waals surface area contributed by atoms with Crippen LogP contribution in [0.15, 0.2) is 72.8 Å². The van der Waals surface area contributed by atoms with Crippen LogP contribution in [-0.4, -0.2) is 16.6 Å². The van der Waals surface area contributed by atoms with Gasteiger partial charge in [0.2, 0.25) is 5.91 Å². The lowest BCUT2D eigenvalue weighted by atomic mass is 9.58. The lowest BCUT2D eigenvalue weighted by molar-refractivity contribution is -0.140. The van der Waals surface area contributed by atoms with Crippen LogP contribution < -0.4 is 5.73 Å². The minimum Gasteiger partial charge on any atom is -0.388 e. The molecule has 3 nitrogen and oxygen atoms in total. The van der Waals surface area contributed by atoms with Gasteiger partial charge in [-0.15, -0.1) is 0 Å². The molecular formula is C25H27NO2. The molecule has 1 unspecified atom stereocenters. The molecule has 1 aliphatic carbocycles. The van der Waals surface area contributed by atoms with Crippen molar-refractivity contribution in [1.82, 2.24) is 0 Å². The van der Waals surface area contributed by atoms with Crippen LogP contribution in [0.1, 0.15) is 43.2 Å². The highest BCUT2D eigenvalue weighted by Gasteiger charge is 2.56. The first-order chi connectivity index (χ1) is 13.6. The average Bonchev–Trinajstić information content (AvgIpc) is 2.72. The van der Waals surface area contributed by atoms with E-state index in [1.54, 1.807) is 0 Å². The van der Waals surface area contributed by atoms with Crippen molar-refractivity contribution < 1.29 is 9.90 Å². The molecule has 3 aromatic rings. The Kier molecular flexibility index (Phi) is 4.94. The summed E-state index contributed by atoms with van der Waals surface area (Å²) in [4.78, 5) is 13.2. The van der Waals surface area contributed by atoms with Gasteiger partial charge >= 0.3 is 0 Å². The SMILES string of the molecule is NC(=O)C(Cc1ccccc1)(c1cccc2ccccc12)C1(O)CCCCC1. The normalized spacial score (nSPS) is 18.5. The van der Waals surface area contributed by atoms with Gasteiger partial charge in [0.1, 0.15) is 5.41 Å². The predicted molar refractivity (Wildman–Crippen MR) is 113 cm³/mol. The Morgan fingerprint density at radius 1 is 0.893 bits per heavy atom. The number of primary amides is 1. The third-order valence-corrected chi connectivity index (χ3v) is 6.46. The Morgan fingerprint density at radius 2 is 1.54 bits per heavy atom. The molecule has 0 aromatic heterocycles. The number of aliphatic hydroxyl groups is 1. The molecule has 4 rings (SSSR count). The standard InChI is InChI=1S/C25H27NO2/c26-23(27)25(18-19-10-3-1-4-11-19,24(28)16-7-2-8-17-24)22-15-9-13-20-12-5-6-14-21(20)22/h1,3-6,9-15,28H,2,7-8,16-18H2,(H2,26,27). The monoisotopic (exact) mass is 373 g/mol. The van der Waals surface area contributed by atoms with Crippen molar-refractivity contribution in [2.24, 2.45) is 5.73 Å². The van der Waals surface area contributed by atoms with Crippen molar-refractivity contribution in [3.8, 4) is 0 Å². The van der Waals surface area contributed by atoms with Crippen LogP contribution in [0.25, 0.3) is 10.8 Å². The lowest BCUT2D eigenvalue weighted by Crippen LogP contribution is -2.61. The van der Waals surface area contributed by atoms with E-state index < -0.39 is 16.9 Å². The molecule has 1 amide bonds. The first-order valence-corrected chi connectivity index (χ1v) is 10.1. The third kappa shape index (κ3) is 3.00. The molecule has 28 heavy (non-hydrogen) atoms. The zero-order chi connectivity index (χ0) is 19.6. The van der Waals surface area contributed by atoms with Gasteiger partial charge in [-0.05, 0) is 41.2 Å². The fraction of sp³-hybridized carbons (Fsp3) is 0.320. The van der Waals surface area contributed by atoms with Gasteiger partial charge in [-0.3, -0.25) is 4.79 Å². The molecule has 3 aromatic carbocycles. The highest BCUT2D eigenvalue weighted by molar-refractivity contribution is 5.96. The van der Waals surface area contributed by atoms with E-state index in [0.717, 1.165) is 41.2 Å². The number of carbonyl (C=O) groups excluding carboxylic acids is 1. The van der Waals surface area contributed by atoms with Gasteiger partial charge in [0.15, 0.2) is 0 Å². The molecule has 3 heteroatoms. The van der Waals surface area contributed by atoms with E-state index in [1.165, 1.54) is 0 Å². The highest BCUT2D eigenvalue weighted by Crippen LogP contribution is 2.48. The maximum Gasteiger partial charge on any atom is 0.231 e. The minimum absolute atomic E-state index is 0.397. The number of carbonyl (C=O) groups is 1. The number of hydrogen-bond donors (Lipinski definition) is 2. The first-order valence-electron chi connectivity index (χ1n) is 10.1. The summed E-state index contributed by atoms with van der Waals surface area (Å²) in [7, 11) is 0. The summed E-state index contributed by atoms with van der Waals surface area (Å²) in [6, 6.07) is 23.9. The second kappa shape index (κ2) is 7.40. The van der Waals surface area contributed by atoms with Crippen molar-refractivity contribution >= 4 is 16.7 Å². The fourth-order valence-corrected chi connectivity index (χ4v) is 5.02.